The van der Waals surface area contributed by atoms with E-state index in [0.717, 1.165) is 11.6 Å². The summed E-state index contributed by atoms with van der Waals surface area (Å²) in [5.74, 6) is -0.678. The van der Waals surface area contributed by atoms with Crippen LogP contribution >= 0.6 is 0 Å². The number of rotatable bonds is 7. The van der Waals surface area contributed by atoms with Crippen LogP contribution in [0.4, 0.5) is 4.39 Å². The third-order valence-corrected chi connectivity index (χ3v) is 4.23. The van der Waals surface area contributed by atoms with Gasteiger partial charge < -0.3 is 9.47 Å². The van der Waals surface area contributed by atoms with Gasteiger partial charge in [-0.3, -0.25) is 4.55 Å². The first kappa shape index (κ1) is 19.0. The Morgan fingerprint density at radius 3 is 2.56 bits per heavy atom. The van der Waals surface area contributed by atoms with Crippen LogP contribution in [0.15, 0.2) is 42.5 Å². The molecule has 0 aliphatic heterocycles. The maximum Gasteiger partial charge on any atom is 0.337 e. The fourth-order valence-electron chi connectivity index (χ4n) is 2.25. The fraction of sp³-hybridized carbons (Fsp3) is 0.235. The van der Waals surface area contributed by atoms with E-state index in [9.17, 15) is 17.9 Å². The Kier molecular flexibility index (Phi) is 6.63. The summed E-state index contributed by atoms with van der Waals surface area (Å²) >= 11 is -2.30. The number of carbonyl (C=O) groups is 1. The molecule has 134 valence electrons. The molecular formula is C17H18FNO5S. The van der Waals surface area contributed by atoms with Gasteiger partial charge in [-0.15, -0.1) is 0 Å². The van der Waals surface area contributed by atoms with Crippen molar-refractivity contribution in [1.29, 1.82) is 0 Å². The molecule has 2 rings (SSSR count). The van der Waals surface area contributed by atoms with Gasteiger partial charge in [0.15, 0.2) is 0 Å². The first-order valence-corrected chi connectivity index (χ1v) is 8.36. The molecule has 1 unspecified atom stereocenters. The SMILES string of the molecule is COC(=O)c1ccc(CN(Cc2cccc(OC)c2)S(=O)O)c(F)c1. The van der Waals surface area contributed by atoms with Crippen molar-refractivity contribution in [2.45, 2.75) is 13.1 Å². The summed E-state index contributed by atoms with van der Waals surface area (Å²) in [6.45, 7) is 0.0200. The van der Waals surface area contributed by atoms with Gasteiger partial charge in [-0.1, -0.05) is 18.2 Å². The lowest BCUT2D eigenvalue weighted by Crippen LogP contribution is -2.25. The maximum atomic E-state index is 14.2. The summed E-state index contributed by atoms with van der Waals surface area (Å²) in [6.07, 6.45) is 0. The molecule has 0 amide bonds. The zero-order valence-electron chi connectivity index (χ0n) is 13.8. The van der Waals surface area contributed by atoms with E-state index in [1.165, 1.54) is 30.7 Å². The van der Waals surface area contributed by atoms with Gasteiger partial charge in [0, 0.05) is 18.7 Å². The quantitative estimate of drug-likeness (QED) is 0.602. The van der Waals surface area contributed by atoms with Crippen molar-refractivity contribution in [2.75, 3.05) is 14.2 Å². The van der Waals surface area contributed by atoms with E-state index in [0.29, 0.717) is 5.75 Å². The highest BCUT2D eigenvalue weighted by molar-refractivity contribution is 7.76. The van der Waals surface area contributed by atoms with Crippen molar-refractivity contribution >= 4 is 17.2 Å². The van der Waals surface area contributed by atoms with E-state index in [-0.39, 0.29) is 24.2 Å². The summed E-state index contributed by atoms with van der Waals surface area (Å²) in [7, 11) is 2.73. The first-order valence-electron chi connectivity index (χ1n) is 7.30. The van der Waals surface area contributed by atoms with Crippen LogP contribution in [0.1, 0.15) is 21.5 Å². The topological polar surface area (TPSA) is 76.1 Å². The highest BCUT2D eigenvalue weighted by Crippen LogP contribution is 2.19. The van der Waals surface area contributed by atoms with Crippen molar-refractivity contribution in [3.8, 4) is 5.75 Å². The second-order valence-corrected chi connectivity index (χ2v) is 6.16. The molecule has 25 heavy (non-hydrogen) atoms. The minimum absolute atomic E-state index is 0.0771. The molecule has 0 spiro atoms. The number of nitrogens with zero attached hydrogens (tertiary/aromatic N) is 1. The number of esters is 1. The van der Waals surface area contributed by atoms with E-state index >= 15 is 0 Å². The summed E-state index contributed by atoms with van der Waals surface area (Å²) in [4.78, 5) is 11.4. The van der Waals surface area contributed by atoms with E-state index in [2.05, 4.69) is 4.74 Å². The predicted molar refractivity (Wildman–Crippen MR) is 90.8 cm³/mol. The van der Waals surface area contributed by atoms with Crippen LogP contribution in [0.2, 0.25) is 0 Å². The highest BCUT2D eigenvalue weighted by atomic mass is 32.2. The van der Waals surface area contributed by atoms with Crippen molar-refractivity contribution in [1.82, 2.24) is 4.31 Å². The molecule has 0 radical (unpaired) electrons. The van der Waals surface area contributed by atoms with Crippen molar-refractivity contribution in [2.24, 2.45) is 0 Å². The summed E-state index contributed by atoms with van der Waals surface area (Å²) in [5, 5.41) is 0. The van der Waals surface area contributed by atoms with Gasteiger partial charge >= 0.3 is 5.97 Å². The van der Waals surface area contributed by atoms with Gasteiger partial charge in [-0.25, -0.2) is 13.4 Å². The largest absolute Gasteiger partial charge is 0.497 e. The van der Waals surface area contributed by atoms with E-state index in [1.807, 2.05) is 0 Å². The molecule has 0 aromatic heterocycles. The monoisotopic (exact) mass is 367 g/mol. The highest BCUT2D eigenvalue weighted by Gasteiger charge is 2.17. The van der Waals surface area contributed by atoms with Crippen molar-refractivity contribution < 1.29 is 27.4 Å². The van der Waals surface area contributed by atoms with E-state index < -0.39 is 23.1 Å². The maximum absolute atomic E-state index is 14.2. The molecule has 8 heteroatoms. The third kappa shape index (κ3) is 5.09. The Morgan fingerprint density at radius 2 is 1.96 bits per heavy atom. The molecule has 0 aliphatic carbocycles. The summed E-state index contributed by atoms with van der Waals surface area (Å²) in [6, 6.07) is 10.9. The van der Waals surface area contributed by atoms with Crippen LogP contribution in [-0.2, 0) is 29.1 Å². The van der Waals surface area contributed by atoms with Crippen molar-refractivity contribution in [3.05, 3.63) is 65.0 Å². The second kappa shape index (κ2) is 8.70. The van der Waals surface area contributed by atoms with Gasteiger partial charge in [-0.05, 0) is 29.8 Å². The molecule has 0 heterocycles. The van der Waals surface area contributed by atoms with Gasteiger partial charge in [0.05, 0.1) is 19.8 Å². The Labute approximate surface area is 147 Å². The minimum Gasteiger partial charge on any atom is -0.497 e. The lowest BCUT2D eigenvalue weighted by molar-refractivity contribution is 0.0600. The van der Waals surface area contributed by atoms with Crippen LogP contribution in [0, 0.1) is 5.82 Å². The lowest BCUT2D eigenvalue weighted by atomic mass is 10.1. The molecule has 0 saturated carbocycles. The standard InChI is InChI=1S/C17H18FNO5S/c1-23-15-5-3-4-12(8-15)10-19(25(21)22)11-14-7-6-13(9-16(14)18)17(20)24-2/h3-9H,10-11H2,1-2H3,(H,21,22). The average molecular weight is 367 g/mol. The predicted octanol–water partition coefficient (Wildman–Crippen LogP) is 2.76. The normalized spacial score (nSPS) is 12.0. The average Bonchev–Trinajstić information content (AvgIpc) is 2.61. The van der Waals surface area contributed by atoms with E-state index in [4.69, 9.17) is 4.74 Å². The van der Waals surface area contributed by atoms with E-state index in [1.54, 1.807) is 24.3 Å². The number of hydrogen-bond donors (Lipinski definition) is 1. The Bertz CT molecular complexity index is 783. The van der Waals surface area contributed by atoms with Gasteiger partial charge in [0.25, 0.3) is 0 Å². The zero-order valence-corrected chi connectivity index (χ0v) is 14.6. The number of benzene rings is 2. The Balaban J connectivity index is 2.19. The molecule has 0 bridgehead atoms. The molecule has 1 atom stereocenters. The van der Waals surface area contributed by atoms with Crippen LogP contribution < -0.4 is 4.74 Å². The molecule has 6 nitrogen and oxygen atoms in total. The minimum atomic E-state index is -2.30. The lowest BCUT2D eigenvalue weighted by Gasteiger charge is -2.18. The number of ether oxygens (including phenoxy) is 2. The molecule has 0 saturated heterocycles. The first-order chi connectivity index (χ1) is 11.9. The van der Waals surface area contributed by atoms with Crippen LogP contribution in [0.25, 0.3) is 0 Å². The van der Waals surface area contributed by atoms with Crippen LogP contribution in [0.3, 0.4) is 0 Å². The summed E-state index contributed by atoms with van der Waals surface area (Å²) < 4.78 is 46.1. The van der Waals surface area contributed by atoms with Gasteiger partial charge in [0.2, 0.25) is 11.3 Å². The number of carbonyl (C=O) groups excluding carboxylic acids is 1. The van der Waals surface area contributed by atoms with Crippen LogP contribution in [-0.4, -0.2) is 33.3 Å². The second-order valence-electron chi connectivity index (χ2n) is 5.18. The molecule has 0 fully saturated rings. The number of methoxy groups -OCH3 is 2. The molecule has 0 aliphatic rings. The smallest absolute Gasteiger partial charge is 0.337 e. The third-order valence-electron chi connectivity index (χ3n) is 3.53. The van der Waals surface area contributed by atoms with Gasteiger partial charge in [0.1, 0.15) is 11.6 Å². The van der Waals surface area contributed by atoms with Crippen LogP contribution in [0.5, 0.6) is 5.75 Å². The number of halogens is 1. The van der Waals surface area contributed by atoms with Crippen molar-refractivity contribution in [3.63, 3.8) is 0 Å². The molecule has 2 aromatic rings. The fourth-order valence-corrected chi connectivity index (χ4v) is 2.76. The molecular weight excluding hydrogens is 349 g/mol. The zero-order chi connectivity index (χ0) is 18.4. The summed E-state index contributed by atoms with van der Waals surface area (Å²) in [5.41, 5.74) is 1.01. The Morgan fingerprint density at radius 1 is 1.20 bits per heavy atom. The molecule has 1 N–H and O–H groups in total. The number of hydrogen-bond acceptors (Lipinski definition) is 4. The van der Waals surface area contributed by atoms with Gasteiger partial charge in [-0.2, -0.15) is 4.31 Å². The Hall–Kier alpha value is -2.29. The molecule has 2 aromatic carbocycles.